The van der Waals surface area contributed by atoms with Crippen LogP contribution in [0.5, 0.6) is 0 Å². The van der Waals surface area contributed by atoms with Crippen LogP contribution in [0.2, 0.25) is 0 Å². The predicted molar refractivity (Wildman–Crippen MR) is 49.8 cm³/mol. The molecule has 0 saturated heterocycles. The Bertz CT molecular complexity index is 295. The van der Waals surface area contributed by atoms with E-state index in [1.54, 1.807) is 24.3 Å². The SMILES string of the molecule is N=Cc1ccc(N=C(N)N)cc1. The molecular formula is C8H10N4. The summed E-state index contributed by atoms with van der Waals surface area (Å²) < 4.78 is 0. The summed E-state index contributed by atoms with van der Waals surface area (Å²) >= 11 is 0. The van der Waals surface area contributed by atoms with Gasteiger partial charge in [0.15, 0.2) is 5.96 Å². The van der Waals surface area contributed by atoms with Crippen molar-refractivity contribution in [2.75, 3.05) is 0 Å². The van der Waals surface area contributed by atoms with E-state index in [1.807, 2.05) is 0 Å². The van der Waals surface area contributed by atoms with Crippen molar-refractivity contribution in [1.29, 1.82) is 5.41 Å². The first-order valence-corrected chi connectivity index (χ1v) is 3.42. The Balaban J connectivity index is 2.92. The second kappa shape index (κ2) is 3.52. The van der Waals surface area contributed by atoms with E-state index in [-0.39, 0.29) is 5.96 Å². The zero-order chi connectivity index (χ0) is 8.97. The van der Waals surface area contributed by atoms with Gasteiger partial charge in [-0.2, -0.15) is 0 Å². The summed E-state index contributed by atoms with van der Waals surface area (Å²) in [5.74, 6) is 0.0394. The minimum atomic E-state index is 0.0394. The highest BCUT2D eigenvalue weighted by Gasteiger charge is 1.89. The van der Waals surface area contributed by atoms with E-state index in [4.69, 9.17) is 16.9 Å². The Morgan fingerprint density at radius 3 is 2.25 bits per heavy atom. The van der Waals surface area contributed by atoms with Crippen LogP contribution < -0.4 is 11.5 Å². The molecule has 1 aromatic carbocycles. The maximum Gasteiger partial charge on any atom is 0.191 e. The number of hydrogen-bond donors (Lipinski definition) is 3. The van der Waals surface area contributed by atoms with Crippen molar-refractivity contribution in [2.45, 2.75) is 0 Å². The maximum atomic E-state index is 6.95. The van der Waals surface area contributed by atoms with Crippen LogP contribution in [0.15, 0.2) is 29.3 Å². The molecule has 0 unspecified atom stereocenters. The van der Waals surface area contributed by atoms with Gasteiger partial charge in [0.1, 0.15) is 0 Å². The number of hydrogen-bond acceptors (Lipinski definition) is 2. The summed E-state index contributed by atoms with van der Waals surface area (Å²) in [6, 6.07) is 7.05. The fraction of sp³-hybridized carbons (Fsp3) is 0. The van der Waals surface area contributed by atoms with Gasteiger partial charge in [0.2, 0.25) is 0 Å². The van der Waals surface area contributed by atoms with E-state index in [0.29, 0.717) is 5.69 Å². The van der Waals surface area contributed by atoms with Crippen LogP contribution in [0.4, 0.5) is 5.69 Å². The van der Waals surface area contributed by atoms with E-state index < -0.39 is 0 Å². The average Bonchev–Trinajstić information content (AvgIpc) is 2.05. The molecule has 4 nitrogen and oxygen atoms in total. The second-order valence-electron chi connectivity index (χ2n) is 2.27. The Morgan fingerprint density at radius 2 is 1.83 bits per heavy atom. The molecule has 0 aliphatic carbocycles. The average molecular weight is 162 g/mol. The Labute approximate surface area is 70.4 Å². The number of benzene rings is 1. The van der Waals surface area contributed by atoms with Gasteiger partial charge in [0.25, 0.3) is 0 Å². The summed E-state index contributed by atoms with van der Waals surface area (Å²) in [7, 11) is 0. The summed E-state index contributed by atoms with van der Waals surface area (Å²) in [5.41, 5.74) is 11.9. The van der Waals surface area contributed by atoms with Crippen LogP contribution in [0.25, 0.3) is 0 Å². The van der Waals surface area contributed by atoms with Gasteiger partial charge in [-0.3, -0.25) is 0 Å². The summed E-state index contributed by atoms with van der Waals surface area (Å²) in [6.45, 7) is 0. The smallest absolute Gasteiger partial charge is 0.191 e. The third kappa shape index (κ3) is 2.09. The zero-order valence-corrected chi connectivity index (χ0v) is 6.49. The first kappa shape index (κ1) is 8.26. The van der Waals surface area contributed by atoms with Gasteiger partial charge >= 0.3 is 0 Å². The largest absolute Gasteiger partial charge is 0.370 e. The highest BCUT2D eigenvalue weighted by atomic mass is 15.0. The quantitative estimate of drug-likeness (QED) is 0.439. The molecule has 12 heavy (non-hydrogen) atoms. The van der Waals surface area contributed by atoms with Crippen molar-refractivity contribution in [2.24, 2.45) is 16.5 Å². The molecule has 5 N–H and O–H groups in total. The molecule has 0 aliphatic heterocycles. The number of nitrogens with zero attached hydrogens (tertiary/aromatic N) is 1. The van der Waals surface area contributed by atoms with Crippen molar-refractivity contribution in [1.82, 2.24) is 0 Å². The standard InChI is InChI=1S/C8H10N4/c9-5-6-1-3-7(4-2-6)12-8(10)11/h1-5,9H,(H4,10,11,12). The van der Waals surface area contributed by atoms with E-state index in [0.717, 1.165) is 5.56 Å². The van der Waals surface area contributed by atoms with Crippen molar-refractivity contribution >= 4 is 17.9 Å². The van der Waals surface area contributed by atoms with Crippen LogP contribution in [-0.2, 0) is 0 Å². The molecule has 1 rings (SSSR count). The van der Waals surface area contributed by atoms with E-state index in [2.05, 4.69) is 4.99 Å². The third-order valence-electron chi connectivity index (χ3n) is 1.32. The molecular weight excluding hydrogens is 152 g/mol. The minimum Gasteiger partial charge on any atom is -0.370 e. The summed E-state index contributed by atoms with van der Waals surface area (Å²) in [6.07, 6.45) is 1.26. The van der Waals surface area contributed by atoms with Crippen molar-refractivity contribution < 1.29 is 0 Å². The molecule has 0 aliphatic rings. The molecule has 0 radical (unpaired) electrons. The fourth-order valence-corrected chi connectivity index (χ4v) is 0.794. The molecule has 0 atom stereocenters. The van der Waals surface area contributed by atoms with Gasteiger partial charge in [0, 0.05) is 6.21 Å². The Hall–Kier alpha value is -1.84. The highest BCUT2D eigenvalue weighted by Crippen LogP contribution is 2.10. The van der Waals surface area contributed by atoms with Gasteiger partial charge < -0.3 is 16.9 Å². The Kier molecular flexibility index (Phi) is 2.42. The van der Waals surface area contributed by atoms with Crippen LogP contribution in [-0.4, -0.2) is 12.2 Å². The van der Waals surface area contributed by atoms with Crippen molar-refractivity contribution in [3.63, 3.8) is 0 Å². The lowest BCUT2D eigenvalue weighted by atomic mass is 10.2. The molecule has 1 aromatic rings. The molecule has 62 valence electrons. The molecule has 0 aromatic heterocycles. The normalized spacial score (nSPS) is 9.00. The predicted octanol–water partition coefficient (Wildman–Crippen LogP) is 0.589. The zero-order valence-electron chi connectivity index (χ0n) is 6.49. The molecule has 0 heterocycles. The van der Waals surface area contributed by atoms with E-state index in [1.165, 1.54) is 6.21 Å². The summed E-state index contributed by atoms with van der Waals surface area (Å²) in [4.78, 5) is 3.83. The first-order chi connectivity index (χ1) is 5.72. The van der Waals surface area contributed by atoms with Crippen molar-refractivity contribution in [3.8, 4) is 0 Å². The number of nitrogens with two attached hydrogens (primary N) is 2. The molecule has 0 spiro atoms. The molecule has 4 heteroatoms. The highest BCUT2D eigenvalue weighted by molar-refractivity contribution is 5.80. The topological polar surface area (TPSA) is 88.2 Å². The number of guanidine groups is 1. The third-order valence-corrected chi connectivity index (χ3v) is 1.32. The van der Waals surface area contributed by atoms with Crippen LogP contribution in [0, 0.1) is 5.41 Å². The summed E-state index contributed by atoms with van der Waals surface area (Å²) in [5, 5.41) is 6.95. The van der Waals surface area contributed by atoms with Crippen LogP contribution in [0.3, 0.4) is 0 Å². The lowest BCUT2D eigenvalue weighted by Crippen LogP contribution is -2.21. The lowest BCUT2D eigenvalue weighted by Gasteiger charge is -1.94. The van der Waals surface area contributed by atoms with E-state index in [9.17, 15) is 0 Å². The maximum absolute atomic E-state index is 6.95. The van der Waals surface area contributed by atoms with Crippen molar-refractivity contribution in [3.05, 3.63) is 29.8 Å². The Morgan fingerprint density at radius 1 is 1.25 bits per heavy atom. The number of aliphatic imine (C=N–C) groups is 1. The monoisotopic (exact) mass is 162 g/mol. The number of nitrogens with one attached hydrogen (secondary N) is 1. The van der Waals surface area contributed by atoms with Gasteiger partial charge in [0.05, 0.1) is 5.69 Å². The second-order valence-corrected chi connectivity index (χ2v) is 2.27. The fourth-order valence-electron chi connectivity index (χ4n) is 0.794. The van der Waals surface area contributed by atoms with Crippen LogP contribution >= 0.6 is 0 Å². The van der Waals surface area contributed by atoms with Gasteiger partial charge in [-0.25, -0.2) is 4.99 Å². The van der Waals surface area contributed by atoms with Gasteiger partial charge in [-0.15, -0.1) is 0 Å². The molecule has 0 saturated carbocycles. The first-order valence-electron chi connectivity index (χ1n) is 3.42. The molecule has 0 bridgehead atoms. The number of rotatable bonds is 2. The van der Waals surface area contributed by atoms with Crippen LogP contribution in [0.1, 0.15) is 5.56 Å². The van der Waals surface area contributed by atoms with E-state index >= 15 is 0 Å². The molecule has 0 fully saturated rings. The van der Waals surface area contributed by atoms with Gasteiger partial charge in [-0.05, 0) is 17.7 Å². The lowest BCUT2D eigenvalue weighted by molar-refractivity contribution is 1.42. The van der Waals surface area contributed by atoms with Gasteiger partial charge in [-0.1, -0.05) is 12.1 Å². The minimum absolute atomic E-state index is 0.0394. The molecule has 0 amide bonds.